The Bertz CT molecular complexity index is 1090. The minimum absolute atomic E-state index is 0.271. The molecule has 1 aliphatic heterocycles. The lowest BCUT2D eigenvalue weighted by Gasteiger charge is -2.22. The summed E-state index contributed by atoms with van der Waals surface area (Å²) < 4.78 is 77.0. The number of carbonyl (C=O) groups excluding carboxylic acids is 2. The van der Waals surface area contributed by atoms with E-state index in [1.165, 1.54) is 7.05 Å². The first kappa shape index (κ1) is 6.43. The topological polar surface area (TPSA) is 64.4 Å². The molecule has 1 amide bonds. The summed E-state index contributed by atoms with van der Waals surface area (Å²) >= 11 is 0. The fourth-order valence-electron chi connectivity index (χ4n) is 1.85. The number of benzene rings is 1. The van der Waals surface area contributed by atoms with Crippen LogP contribution in [0.3, 0.4) is 0 Å². The second-order valence-electron chi connectivity index (χ2n) is 4.17. The Morgan fingerprint density at radius 1 is 1.81 bits per heavy atom. The summed E-state index contributed by atoms with van der Waals surface area (Å²) in [6.45, 7) is -1.76. The average molecular weight is 294 g/mol. The van der Waals surface area contributed by atoms with Crippen LogP contribution in [0.15, 0.2) is 24.4 Å². The molecule has 0 saturated heterocycles. The molecule has 1 aromatic carbocycles. The molecular weight excluding hydrogens is 270 g/mol. The first-order valence-electron chi connectivity index (χ1n) is 10.5. The van der Waals surface area contributed by atoms with Crippen LogP contribution in [0.1, 0.15) is 34.1 Å². The number of imidazole rings is 1. The minimum Gasteiger partial charge on any atom is -0.485 e. The van der Waals surface area contributed by atoms with Crippen LogP contribution in [0.25, 0.3) is 5.69 Å². The van der Waals surface area contributed by atoms with Crippen LogP contribution in [-0.4, -0.2) is 40.7 Å². The van der Waals surface area contributed by atoms with E-state index in [0.717, 1.165) is 9.47 Å². The predicted octanol–water partition coefficient (Wildman–Crippen LogP) is 1.21. The lowest BCUT2D eigenvalue weighted by Crippen LogP contribution is -2.25. The van der Waals surface area contributed by atoms with Gasteiger partial charge in [-0.1, -0.05) is 12.1 Å². The van der Waals surface area contributed by atoms with Crippen LogP contribution in [0, 0.1) is 0 Å². The third kappa shape index (κ3) is 2.08. The fraction of sp³-hybridized carbons (Fsp3) is 0.267. The molecule has 0 aliphatic carbocycles. The number of fused-ring (bicyclic) bond motifs is 3. The van der Waals surface area contributed by atoms with Gasteiger partial charge in [0.1, 0.15) is 27.6 Å². The van der Waals surface area contributed by atoms with Gasteiger partial charge in [0.15, 0.2) is 5.69 Å². The molecule has 6 nitrogen and oxygen atoms in total. The molecule has 21 heavy (non-hydrogen) atoms. The molecule has 2 heterocycles. The third-order valence-corrected chi connectivity index (χ3v) is 2.79. The van der Waals surface area contributed by atoms with Gasteiger partial charge in [0.2, 0.25) is 0 Å². The Hall–Kier alpha value is -2.63. The first-order chi connectivity index (χ1) is 13.9. The Balaban J connectivity index is 2.42. The Labute approximate surface area is 134 Å². The van der Waals surface area contributed by atoms with E-state index < -0.39 is 73.6 Å². The lowest BCUT2D eigenvalue weighted by molar-refractivity contribution is -0.107. The van der Waals surface area contributed by atoms with E-state index in [-0.39, 0.29) is 11.4 Å². The van der Waals surface area contributed by atoms with Crippen molar-refractivity contribution in [1.82, 2.24) is 14.5 Å². The Kier molecular flexibility index (Phi) is 1.54. The molecule has 6 heteroatoms. The number of aromatic nitrogens is 2. The molecule has 2 aromatic rings. The van der Waals surface area contributed by atoms with Crippen LogP contribution in [0.5, 0.6) is 5.75 Å². The Morgan fingerprint density at radius 2 is 2.67 bits per heavy atom. The van der Waals surface area contributed by atoms with Crippen molar-refractivity contribution in [2.24, 2.45) is 0 Å². The van der Waals surface area contributed by atoms with E-state index in [2.05, 4.69) is 4.98 Å². The van der Waals surface area contributed by atoms with Crippen molar-refractivity contribution < 1.29 is 26.7 Å². The summed E-state index contributed by atoms with van der Waals surface area (Å²) in [4.78, 5) is 28.8. The predicted molar refractivity (Wildman–Crippen MR) is 75.7 cm³/mol. The second-order valence-corrected chi connectivity index (χ2v) is 4.17. The SMILES string of the molecule is [2H]CN(C)C(=O)c1nc([2H])n2c1C([2H])Oc1c-2c([2H])c([2H])c([2H])c1C([2H])([2H])C([2H])=O. The lowest BCUT2D eigenvalue weighted by atomic mass is 10.1. The van der Waals surface area contributed by atoms with Crippen LogP contribution in [-0.2, 0) is 17.8 Å². The zero-order valence-corrected chi connectivity index (χ0v) is 10.9. The van der Waals surface area contributed by atoms with Gasteiger partial charge >= 0.3 is 0 Å². The van der Waals surface area contributed by atoms with Crippen LogP contribution in [0.4, 0.5) is 0 Å². The van der Waals surface area contributed by atoms with E-state index in [1.807, 2.05) is 0 Å². The standard InChI is InChI=1S/C15H15N3O3/c1-17(2)15(20)13-12-8-21-14-10(6-7-19)4-3-5-11(14)18(12)9-16-13/h3-5,7,9H,6,8H2,1-2H3/i1D,3D,4D,5D,6D2,7D,8D,9D. The smallest absolute Gasteiger partial charge is 0.273 e. The van der Waals surface area contributed by atoms with Gasteiger partial charge in [0.05, 0.1) is 16.9 Å². The number of rotatable bonds is 3. The van der Waals surface area contributed by atoms with Crippen LogP contribution >= 0.6 is 0 Å². The molecular formula is C15H15N3O3. The molecule has 3 rings (SSSR count). The number of para-hydroxylation sites is 1. The number of aldehydes is 1. The minimum atomic E-state index is -3.09. The summed E-state index contributed by atoms with van der Waals surface area (Å²) in [5.41, 5.74) is -1.90. The number of hydrogen-bond donors (Lipinski definition) is 0. The monoisotopic (exact) mass is 294 g/mol. The van der Waals surface area contributed by atoms with Gasteiger partial charge in [0.25, 0.3) is 5.91 Å². The second kappa shape index (κ2) is 5.05. The van der Waals surface area contributed by atoms with Gasteiger partial charge in [-0.05, 0) is 6.04 Å². The van der Waals surface area contributed by atoms with E-state index in [1.54, 1.807) is 0 Å². The van der Waals surface area contributed by atoms with Crippen molar-refractivity contribution in [1.29, 1.82) is 0 Å². The van der Waals surface area contributed by atoms with E-state index in [0.29, 0.717) is 0 Å². The zero-order chi connectivity index (χ0) is 22.7. The maximum atomic E-state index is 12.5. The van der Waals surface area contributed by atoms with Crippen LogP contribution in [0.2, 0.25) is 0 Å². The van der Waals surface area contributed by atoms with Crippen molar-refractivity contribution >= 4 is 12.2 Å². The molecule has 0 N–H and O–H groups in total. The highest BCUT2D eigenvalue weighted by Gasteiger charge is 2.26. The summed E-state index contributed by atoms with van der Waals surface area (Å²) in [7, 11) is 0.870. The van der Waals surface area contributed by atoms with Crippen molar-refractivity contribution in [2.75, 3.05) is 14.1 Å². The molecule has 108 valence electrons. The van der Waals surface area contributed by atoms with Crippen LogP contribution < -0.4 is 4.74 Å². The van der Waals surface area contributed by atoms with Gasteiger partial charge in [-0.25, -0.2) is 4.98 Å². The third-order valence-electron chi connectivity index (χ3n) is 2.79. The summed E-state index contributed by atoms with van der Waals surface area (Å²) in [5, 5.41) is 0. The van der Waals surface area contributed by atoms with Crippen molar-refractivity contribution in [2.45, 2.75) is 13.0 Å². The van der Waals surface area contributed by atoms with E-state index in [4.69, 9.17) is 17.1 Å². The first-order valence-corrected chi connectivity index (χ1v) is 5.74. The molecule has 0 spiro atoms. The molecule has 1 atom stereocenters. The van der Waals surface area contributed by atoms with Gasteiger partial charge in [0, 0.05) is 30.1 Å². The van der Waals surface area contributed by atoms with Gasteiger partial charge in [-0.15, -0.1) is 0 Å². The fourth-order valence-corrected chi connectivity index (χ4v) is 1.85. The molecule has 1 unspecified atom stereocenters. The number of carbonyl (C=O) groups is 2. The van der Waals surface area contributed by atoms with Gasteiger partial charge in [-0.2, -0.15) is 0 Å². The highest BCUT2D eigenvalue weighted by atomic mass is 16.5. The largest absolute Gasteiger partial charge is 0.485 e. The molecule has 0 bridgehead atoms. The Morgan fingerprint density at radius 3 is 3.43 bits per heavy atom. The van der Waals surface area contributed by atoms with E-state index in [9.17, 15) is 9.59 Å². The maximum absolute atomic E-state index is 12.5. The normalized spacial score (nSPS) is 22.3. The van der Waals surface area contributed by atoms with Gasteiger partial charge < -0.3 is 14.4 Å². The molecule has 0 radical (unpaired) electrons. The number of amides is 1. The van der Waals surface area contributed by atoms with Crippen molar-refractivity contribution in [3.63, 3.8) is 0 Å². The van der Waals surface area contributed by atoms with Crippen molar-refractivity contribution in [3.8, 4) is 11.4 Å². The highest BCUT2D eigenvalue weighted by Crippen LogP contribution is 2.34. The molecule has 0 fully saturated rings. The van der Waals surface area contributed by atoms with Crippen molar-refractivity contribution in [3.05, 3.63) is 41.4 Å². The number of hydrogen-bond acceptors (Lipinski definition) is 4. The highest BCUT2D eigenvalue weighted by molar-refractivity contribution is 5.93. The molecule has 0 saturated carbocycles. The maximum Gasteiger partial charge on any atom is 0.273 e. The average Bonchev–Trinajstić information content (AvgIpc) is 3.02. The summed E-state index contributed by atoms with van der Waals surface area (Å²) in [5.74, 6) is -1.40. The number of nitrogens with zero attached hydrogens (tertiary/aromatic N) is 3. The van der Waals surface area contributed by atoms with E-state index >= 15 is 0 Å². The number of ether oxygens (including phenoxy) is 1. The molecule has 1 aromatic heterocycles. The van der Waals surface area contributed by atoms with Gasteiger partial charge in [-0.3, -0.25) is 9.36 Å². The quantitative estimate of drug-likeness (QED) is 0.798. The molecule has 1 aliphatic rings. The summed E-state index contributed by atoms with van der Waals surface area (Å²) in [6.07, 6.45) is -5.44. The summed E-state index contributed by atoms with van der Waals surface area (Å²) in [6, 6.07) is -2.33. The zero-order valence-electron chi connectivity index (χ0n) is 19.9.